The number of Topliss-reactive ketones (excluding diaryl/α,β-unsaturated/α-hetero) is 1. The summed E-state index contributed by atoms with van der Waals surface area (Å²) >= 11 is 0. The lowest BCUT2D eigenvalue weighted by Gasteiger charge is -2.41. The van der Waals surface area contributed by atoms with Crippen molar-refractivity contribution in [2.75, 3.05) is 0 Å². The van der Waals surface area contributed by atoms with E-state index < -0.39 is 6.10 Å². The molecule has 0 heterocycles. The molecule has 4 rings (SSSR count). The number of ketones is 1. The summed E-state index contributed by atoms with van der Waals surface area (Å²) in [6.45, 7) is 2.03. The number of hydrogen-bond acceptors (Lipinski definition) is 3. The maximum Gasteiger partial charge on any atom is 0.139 e. The standard InChI is InChI=1S/C18H22O3/c1-18-9-15(20)17-12-5-3-11(19)8-10(12)2-4-13(17)14(18)6-7-16(18)21/h2,4,11,14-15,19-20H,3,5-9H2,1H3/t11-,14+,15-,18+/m1/s1. The van der Waals surface area contributed by atoms with E-state index in [9.17, 15) is 15.0 Å². The van der Waals surface area contributed by atoms with Gasteiger partial charge in [-0.05, 0) is 60.3 Å². The molecule has 3 aliphatic carbocycles. The molecule has 1 aromatic carbocycles. The minimum Gasteiger partial charge on any atom is -0.393 e. The van der Waals surface area contributed by atoms with Gasteiger partial charge in [-0.15, -0.1) is 0 Å². The molecule has 3 heteroatoms. The summed E-state index contributed by atoms with van der Waals surface area (Å²) in [5.74, 6) is 0.575. The van der Waals surface area contributed by atoms with Gasteiger partial charge in [-0.2, -0.15) is 0 Å². The third kappa shape index (κ3) is 1.77. The summed E-state index contributed by atoms with van der Waals surface area (Å²) in [5, 5.41) is 20.5. The second-order valence-corrected chi connectivity index (χ2v) is 7.25. The first-order valence-corrected chi connectivity index (χ1v) is 8.04. The first-order chi connectivity index (χ1) is 10.0. The summed E-state index contributed by atoms with van der Waals surface area (Å²) in [7, 11) is 0. The summed E-state index contributed by atoms with van der Waals surface area (Å²) < 4.78 is 0. The van der Waals surface area contributed by atoms with E-state index in [0.29, 0.717) is 25.0 Å². The summed E-state index contributed by atoms with van der Waals surface area (Å²) in [4.78, 5) is 12.3. The summed E-state index contributed by atoms with van der Waals surface area (Å²) in [6, 6.07) is 4.22. The number of carbonyl (C=O) groups is 1. The predicted octanol–water partition coefficient (Wildman–Crippen LogP) is 2.43. The molecule has 112 valence electrons. The maximum absolute atomic E-state index is 12.3. The van der Waals surface area contributed by atoms with Crippen LogP contribution in [0.15, 0.2) is 12.1 Å². The smallest absolute Gasteiger partial charge is 0.139 e. The van der Waals surface area contributed by atoms with Gasteiger partial charge in [-0.1, -0.05) is 19.1 Å². The van der Waals surface area contributed by atoms with Crippen molar-refractivity contribution in [2.45, 2.75) is 63.6 Å². The van der Waals surface area contributed by atoms with E-state index in [-0.39, 0.29) is 17.4 Å². The second kappa shape index (κ2) is 4.40. The topological polar surface area (TPSA) is 57.5 Å². The molecule has 0 bridgehead atoms. The van der Waals surface area contributed by atoms with E-state index in [2.05, 4.69) is 12.1 Å². The van der Waals surface area contributed by atoms with Crippen molar-refractivity contribution < 1.29 is 15.0 Å². The molecule has 0 saturated heterocycles. The zero-order chi connectivity index (χ0) is 14.8. The summed E-state index contributed by atoms with van der Waals surface area (Å²) in [5.41, 5.74) is 4.31. The van der Waals surface area contributed by atoms with Crippen molar-refractivity contribution in [3.63, 3.8) is 0 Å². The molecule has 0 radical (unpaired) electrons. The van der Waals surface area contributed by atoms with Crippen molar-refractivity contribution in [3.05, 3.63) is 34.4 Å². The second-order valence-electron chi connectivity index (χ2n) is 7.25. The van der Waals surface area contributed by atoms with Crippen LogP contribution in [-0.4, -0.2) is 22.1 Å². The Hall–Kier alpha value is -1.19. The number of fused-ring (bicyclic) bond motifs is 5. The average molecular weight is 286 g/mol. The normalized spacial score (nSPS) is 37.9. The van der Waals surface area contributed by atoms with Crippen LogP contribution >= 0.6 is 0 Å². The van der Waals surface area contributed by atoms with E-state index >= 15 is 0 Å². The minimum atomic E-state index is -0.534. The monoisotopic (exact) mass is 286 g/mol. The van der Waals surface area contributed by atoms with Crippen molar-refractivity contribution in [1.29, 1.82) is 0 Å². The van der Waals surface area contributed by atoms with Crippen LogP contribution in [0.1, 0.15) is 66.9 Å². The number of aliphatic hydroxyl groups excluding tert-OH is 2. The van der Waals surface area contributed by atoms with Gasteiger partial charge in [0.1, 0.15) is 5.78 Å². The highest BCUT2D eigenvalue weighted by atomic mass is 16.3. The van der Waals surface area contributed by atoms with Gasteiger partial charge >= 0.3 is 0 Å². The Bertz CT molecular complexity index is 621. The molecule has 1 aromatic rings. The molecule has 0 aliphatic heterocycles. The Balaban J connectivity index is 1.87. The van der Waals surface area contributed by atoms with Gasteiger partial charge < -0.3 is 10.2 Å². The third-order valence-electron chi connectivity index (χ3n) is 6.06. The zero-order valence-corrected chi connectivity index (χ0v) is 12.4. The Morgan fingerprint density at radius 2 is 2.00 bits per heavy atom. The van der Waals surface area contributed by atoms with Gasteiger partial charge in [0.25, 0.3) is 0 Å². The molecular formula is C18H22O3. The fraction of sp³-hybridized carbons (Fsp3) is 0.611. The molecule has 0 spiro atoms. The number of aliphatic hydroxyl groups is 2. The Labute approximate surface area is 125 Å². The molecule has 0 amide bonds. The molecule has 1 fully saturated rings. The molecule has 21 heavy (non-hydrogen) atoms. The average Bonchev–Trinajstić information content (AvgIpc) is 2.74. The van der Waals surface area contributed by atoms with Crippen LogP contribution in [-0.2, 0) is 17.6 Å². The van der Waals surface area contributed by atoms with Crippen LogP contribution in [0.25, 0.3) is 0 Å². The van der Waals surface area contributed by atoms with Crippen LogP contribution in [0, 0.1) is 5.41 Å². The molecular weight excluding hydrogens is 264 g/mol. The van der Waals surface area contributed by atoms with Crippen LogP contribution in [0.3, 0.4) is 0 Å². The molecule has 3 nitrogen and oxygen atoms in total. The van der Waals surface area contributed by atoms with Crippen LogP contribution in [0.4, 0.5) is 0 Å². The predicted molar refractivity (Wildman–Crippen MR) is 79.1 cm³/mol. The lowest BCUT2D eigenvalue weighted by atomic mass is 9.63. The molecule has 4 atom stereocenters. The van der Waals surface area contributed by atoms with Gasteiger partial charge in [0, 0.05) is 11.8 Å². The first kappa shape index (κ1) is 13.5. The van der Waals surface area contributed by atoms with Crippen LogP contribution in [0.2, 0.25) is 0 Å². The number of hydrogen-bond donors (Lipinski definition) is 2. The third-order valence-corrected chi connectivity index (χ3v) is 6.06. The van der Waals surface area contributed by atoms with E-state index in [1.54, 1.807) is 0 Å². The Kier molecular flexibility index (Phi) is 2.82. The van der Waals surface area contributed by atoms with Crippen LogP contribution in [0.5, 0.6) is 0 Å². The van der Waals surface area contributed by atoms with Crippen molar-refractivity contribution in [2.24, 2.45) is 5.41 Å². The zero-order valence-electron chi connectivity index (χ0n) is 12.4. The lowest BCUT2D eigenvalue weighted by Crippen LogP contribution is -2.36. The molecule has 1 saturated carbocycles. The largest absolute Gasteiger partial charge is 0.393 e. The SMILES string of the molecule is C[C@]12C[C@@H](O)c3c(ccc4c3CC[C@@H](O)C4)[C@@H]1CCC2=O. The molecule has 0 aromatic heterocycles. The number of carbonyl (C=O) groups excluding carboxylic acids is 1. The molecule has 2 N–H and O–H groups in total. The van der Waals surface area contributed by atoms with Crippen molar-refractivity contribution in [3.8, 4) is 0 Å². The lowest BCUT2D eigenvalue weighted by molar-refractivity contribution is -0.127. The van der Waals surface area contributed by atoms with Gasteiger partial charge in [0.2, 0.25) is 0 Å². The van der Waals surface area contributed by atoms with E-state index in [4.69, 9.17) is 0 Å². The van der Waals surface area contributed by atoms with Crippen molar-refractivity contribution in [1.82, 2.24) is 0 Å². The van der Waals surface area contributed by atoms with Gasteiger partial charge in [-0.25, -0.2) is 0 Å². The van der Waals surface area contributed by atoms with E-state index in [1.165, 1.54) is 16.7 Å². The van der Waals surface area contributed by atoms with Crippen molar-refractivity contribution >= 4 is 5.78 Å². The highest BCUT2D eigenvalue weighted by Crippen LogP contribution is 2.57. The number of benzene rings is 1. The highest BCUT2D eigenvalue weighted by Gasteiger charge is 2.52. The van der Waals surface area contributed by atoms with E-state index in [0.717, 1.165) is 24.8 Å². The maximum atomic E-state index is 12.3. The summed E-state index contributed by atoms with van der Waals surface area (Å²) in [6.07, 6.45) is 3.63. The Morgan fingerprint density at radius 3 is 2.81 bits per heavy atom. The van der Waals surface area contributed by atoms with Gasteiger partial charge in [-0.3, -0.25) is 4.79 Å². The Morgan fingerprint density at radius 1 is 1.19 bits per heavy atom. The fourth-order valence-corrected chi connectivity index (χ4v) is 4.91. The molecule has 3 aliphatic rings. The van der Waals surface area contributed by atoms with Crippen LogP contribution < -0.4 is 0 Å². The number of rotatable bonds is 0. The minimum absolute atomic E-state index is 0.255. The highest BCUT2D eigenvalue weighted by molar-refractivity contribution is 5.88. The molecule has 0 unspecified atom stereocenters. The van der Waals surface area contributed by atoms with E-state index in [1.807, 2.05) is 6.92 Å². The fourth-order valence-electron chi connectivity index (χ4n) is 4.91. The van der Waals surface area contributed by atoms with Gasteiger partial charge in [0.05, 0.1) is 12.2 Å². The first-order valence-electron chi connectivity index (χ1n) is 8.04. The quantitative estimate of drug-likeness (QED) is 0.770. The van der Waals surface area contributed by atoms with Gasteiger partial charge in [0.15, 0.2) is 0 Å².